The molecular formula is C14H16BrN3. The molecule has 1 aromatic heterocycles. The molecule has 3 rings (SSSR count). The number of H-pyrrole nitrogens is 1. The molecule has 0 bridgehead atoms. The zero-order chi connectivity index (χ0) is 12.6. The third-order valence-corrected chi connectivity index (χ3v) is 4.13. The van der Waals surface area contributed by atoms with Crippen molar-refractivity contribution in [1.29, 1.82) is 0 Å². The summed E-state index contributed by atoms with van der Waals surface area (Å²) in [5.74, 6) is 0. The van der Waals surface area contributed by atoms with Gasteiger partial charge in [-0.3, -0.25) is 0 Å². The van der Waals surface area contributed by atoms with Crippen molar-refractivity contribution in [2.24, 2.45) is 0 Å². The summed E-state index contributed by atoms with van der Waals surface area (Å²) in [5, 5.41) is 3.61. The van der Waals surface area contributed by atoms with Gasteiger partial charge in [-0.2, -0.15) is 0 Å². The second-order valence-corrected chi connectivity index (χ2v) is 5.96. The van der Waals surface area contributed by atoms with Crippen LogP contribution in [0.2, 0.25) is 0 Å². The number of hydrogen-bond donors (Lipinski definition) is 2. The molecule has 0 saturated heterocycles. The number of rotatable bonds is 2. The van der Waals surface area contributed by atoms with E-state index in [1.165, 1.54) is 11.3 Å². The molecule has 0 spiro atoms. The van der Waals surface area contributed by atoms with Gasteiger partial charge in [0.25, 0.3) is 0 Å². The fourth-order valence-electron chi connectivity index (χ4n) is 2.69. The highest BCUT2D eigenvalue weighted by Crippen LogP contribution is 2.29. The Kier molecular flexibility index (Phi) is 2.99. The SMILES string of the molecule is CC1(Cc2ccc(Br)cc2)NCCc2[nH]cnc21. The highest BCUT2D eigenvalue weighted by Gasteiger charge is 2.34. The normalized spacial score (nSPS) is 22.8. The van der Waals surface area contributed by atoms with E-state index >= 15 is 0 Å². The first kappa shape index (κ1) is 11.9. The monoisotopic (exact) mass is 305 g/mol. The Morgan fingerprint density at radius 2 is 2.11 bits per heavy atom. The first-order valence-corrected chi connectivity index (χ1v) is 6.99. The maximum Gasteiger partial charge on any atom is 0.0926 e. The number of imidazole rings is 1. The summed E-state index contributed by atoms with van der Waals surface area (Å²) in [4.78, 5) is 7.75. The minimum Gasteiger partial charge on any atom is -0.348 e. The van der Waals surface area contributed by atoms with Gasteiger partial charge in [-0.1, -0.05) is 28.1 Å². The Bertz CT molecular complexity index is 546. The standard InChI is InChI=1S/C14H16BrN3/c1-14(8-10-2-4-11(15)5-3-10)13-12(6-7-18-14)16-9-17-13/h2-5,9,18H,6-8H2,1H3,(H,16,17). The van der Waals surface area contributed by atoms with Crippen LogP contribution in [0, 0.1) is 0 Å². The Hall–Kier alpha value is -1.13. The zero-order valence-electron chi connectivity index (χ0n) is 10.3. The number of aromatic nitrogens is 2. The summed E-state index contributed by atoms with van der Waals surface area (Å²) < 4.78 is 1.12. The minimum absolute atomic E-state index is 0.0680. The van der Waals surface area contributed by atoms with Crippen molar-refractivity contribution in [3.05, 3.63) is 52.0 Å². The minimum atomic E-state index is -0.0680. The maximum absolute atomic E-state index is 4.50. The molecule has 1 aliphatic rings. The number of aromatic amines is 1. The number of nitrogens with one attached hydrogen (secondary N) is 2. The van der Waals surface area contributed by atoms with E-state index in [4.69, 9.17) is 0 Å². The predicted octanol–water partition coefficient (Wildman–Crippen LogP) is 2.78. The fraction of sp³-hybridized carbons (Fsp3) is 0.357. The largest absolute Gasteiger partial charge is 0.348 e. The summed E-state index contributed by atoms with van der Waals surface area (Å²) in [5.41, 5.74) is 3.69. The molecule has 3 nitrogen and oxygen atoms in total. The molecule has 1 aromatic carbocycles. The van der Waals surface area contributed by atoms with Crippen LogP contribution in [-0.2, 0) is 18.4 Å². The quantitative estimate of drug-likeness (QED) is 0.896. The molecule has 94 valence electrons. The van der Waals surface area contributed by atoms with Crippen LogP contribution < -0.4 is 5.32 Å². The van der Waals surface area contributed by atoms with Gasteiger partial charge in [0.2, 0.25) is 0 Å². The van der Waals surface area contributed by atoms with E-state index in [2.05, 4.69) is 62.4 Å². The van der Waals surface area contributed by atoms with Crippen molar-refractivity contribution < 1.29 is 0 Å². The van der Waals surface area contributed by atoms with Gasteiger partial charge < -0.3 is 10.3 Å². The van der Waals surface area contributed by atoms with Crippen molar-refractivity contribution in [3.8, 4) is 0 Å². The Morgan fingerprint density at radius 3 is 2.89 bits per heavy atom. The third kappa shape index (κ3) is 2.10. The molecule has 4 heteroatoms. The molecule has 2 N–H and O–H groups in total. The molecule has 1 unspecified atom stereocenters. The topological polar surface area (TPSA) is 40.7 Å². The van der Waals surface area contributed by atoms with E-state index in [9.17, 15) is 0 Å². The van der Waals surface area contributed by atoms with Gasteiger partial charge in [0.05, 0.1) is 17.6 Å². The molecule has 0 radical (unpaired) electrons. The summed E-state index contributed by atoms with van der Waals surface area (Å²) in [6, 6.07) is 8.51. The number of hydrogen-bond acceptors (Lipinski definition) is 2. The van der Waals surface area contributed by atoms with Crippen molar-refractivity contribution in [2.45, 2.75) is 25.3 Å². The van der Waals surface area contributed by atoms with Crippen LogP contribution in [0.5, 0.6) is 0 Å². The zero-order valence-corrected chi connectivity index (χ0v) is 11.9. The molecule has 1 atom stereocenters. The molecule has 18 heavy (non-hydrogen) atoms. The number of benzene rings is 1. The van der Waals surface area contributed by atoms with Gasteiger partial charge in [-0.15, -0.1) is 0 Å². The van der Waals surface area contributed by atoms with E-state index in [1.54, 1.807) is 6.33 Å². The van der Waals surface area contributed by atoms with Gasteiger partial charge in [-0.25, -0.2) is 4.98 Å². The van der Waals surface area contributed by atoms with Crippen molar-refractivity contribution in [1.82, 2.24) is 15.3 Å². The van der Waals surface area contributed by atoms with E-state index in [1.807, 2.05) is 0 Å². The summed E-state index contributed by atoms with van der Waals surface area (Å²) >= 11 is 3.47. The third-order valence-electron chi connectivity index (χ3n) is 3.60. The second-order valence-electron chi connectivity index (χ2n) is 5.04. The van der Waals surface area contributed by atoms with Crippen LogP contribution in [0.15, 0.2) is 35.1 Å². The molecule has 1 aliphatic heterocycles. The highest BCUT2D eigenvalue weighted by molar-refractivity contribution is 9.10. The van der Waals surface area contributed by atoms with Gasteiger partial charge in [-0.05, 0) is 31.0 Å². The number of fused-ring (bicyclic) bond motifs is 1. The second kappa shape index (κ2) is 4.52. The van der Waals surface area contributed by atoms with Crippen LogP contribution in [0.25, 0.3) is 0 Å². The molecule has 2 aromatic rings. The van der Waals surface area contributed by atoms with E-state index in [0.717, 1.165) is 29.6 Å². The van der Waals surface area contributed by atoms with Gasteiger partial charge >= 0.3 is 0 Å². The number of nitrogens with zero attached hydrogens (tertiary/aromatic N) is 1. The Balaban J connectivity index is 1.91. The first-order valence-electron chi connectivity index (χ1n) is 6.20. The highest BCUT2D eigenvalue weighted by atomic mass is 79.9. The van der Waals surface area contributed by atoms with E-state index < -0.39 is 0 Å². The van der Waals surface area contributed by atoms with Crippen LogP contribution in [0.4, 0.5) is 0 Å². The Labute approximate surface area is 115 Å². The number of halogens is 1. The molecular weight excluding hydrogens is 290 g/mol. The van der Waals surface area contributed by atoms with Crippen LogP contribution in [0.3, 0.4) is 0 Å². The van der Waals surface area contributed by atoms with Crippen LogP contribution >= 0.6 is 15.9 Å². The lowest BCUT2D eigenvalue weighted by atomic mass is 9.85. The van der Waals surface area contributed by atoms with Gasteiger partial charge in [0.15, 0.2) is 0 Å². The summed E-state index contributed by atoms with van der Waals surface area (Å²) in [6.07, 6.45) is 3.79. The van der Waals surface area contributed by atoms with E-state index in [0.29, 0.717) is 0 Å². The van der Waals surface area contributed by atoms with Crippen LogP contribution in [-0.4, -0.2) is 16.5 Å². The van der Waals surface area contributed by atoms with Crippen molar-refractivity contribution >= 4 is 15.9 Å². The fourth-order valence-corrected chi connectivity index (χ4v) is 2.96. The lowest BCUT2D eigenvalue weighted by molar-refractivity contribution is 0.335. The van der Waals surface area contributed by atoms with Gasteiger partial charge in [0, 0.05) is 23.1 Å². The molecule has 0 amide bonds. The molecule has 0 fully saturated rings. The summed E-state index contributed by atoms with van der Waals surface area (Å²) in [7, 11) is 0. The lowest BCUT2D eigenvalue weighted by Crippen LogP contribution is -2.46. The van der Waals surface area contributed by atoms with Crippen molar-refractivity contribution in [3.63, 3.8) is 0 Å². The molecule has 2 heterocycles. The first-order chi connectivity index (χ1) is 8.67. The Morgan fingerprint density at radius 1 is 1.33 bits per heavy atom. The average Bonchev–Trinajstić information content (AvgIpc) is 2.82. The maximum atomic E-state index is 4.50. The van der Waals surface area contributed by atoms with Crippen molar-refractivity contribution in [2.75, 3.05) is 6.54 Å². The van der Waals surface area contributed by atoms with E-state index in [-0.39, 0.29) is 5.54 Å². The molecule has 0 aliphatic carbocycles. The molecule has 0 saturated carbocycles. The van der Waals surface area contributed by atoms with Gasteiger partial charge in [0.1, 0.15) is 0 Å². The smallest absolute Gasteiger partial charge is 0.0926 e. The average molecular weight is 306 g/mol. The predicted molar refractivity (Wildman–Crippen MR) is 75.5 cm³/mol. The lowest BCUT2D eigenvalue weighted by Gasteiger charge is -2.34. The van der Waals surface area contributed by atoms with Crippen LogP contribution in [0.1, 0.15) is 23.9 Å². The summed E-state index contributed by atoms with van der Waals surface area (Å²) in [6.45, 7) is 3.23.